The largest absolute Gasteiger partial charge is 0.261 e. The molecule has 0 amide bonds. The minimum absolute atomic E-state index is 1.11. The average Bonchev–Trinajstić information content (AvgIpc) is 2.62. The molecular formula is C14H16N. The number of hydrogen-bond donors (Lipinski definition) is 0. The number of allylic oxidation sites excluding steroid dienone is 3. The lowest BCUT2D eigenvalue weighted by molar-refractivity contribution is 1.07. The van der Waals surface area contributed by atoms with E-state index in [0.717, 1.165) is 5.70 Å². The quantitative estimate of drug-likeness (QED) is 0.656. The van der Waals surface area contributed by atoms with Gasteiger partial charge in [-0.15, -0.1) is 0 Å². The molecule has 1 nitrogen and oxygen atoms in total. The lowest BCUT2D eigenvalue weighted by Crippen LogP contribution is -1.95. The third-order valence-electron chi connectivity index (χ3n) is 3.25. The van der Waals surface area contributed by atoms with Crippen LogP contribution in [0.25, 0.3) is 5.57 Å². The van der Waals surface area contributed by atoms with Gasteiger partial charge in [0.05, 0.1) is 0 Å². The number of nitrogens with zero attached hydrogens (tertiary/aromatic N) is 1. The van der Waals surface area contributed by atoms with Crippen LogP contribution in [0.4, 0.5) is 0 Å². The third-order valence-corrected chi connectivity index (χ3v) is 3.25. The molecule has 0 fully saturated rings. The van der Waals surface area contributed by atoms with Gasteiger partial charge in [-0.1, -0.05) is 12.1 Å². The van der Waals surface area contributed by atoms with Gasteiger partial charge in [0, 0.05) is 17.5 Å². The molecule has 0 aliphatic carbocycles. The fourth-order valence-electron chi connectivity index (χ4n) is 1.95. The van der Waals surface area contributed by atoms with Crippen LogP contribution in [-0.2, 0) is 0 Å². The number of hydrogen-bond acceptors (Lipinski definition) is 0. The molecule has 0 atom stereocenters. The first-order valence-corrected chi connectivity index (χ1v) is 5.26. The fourth-order valence-corrected chi connectivity index (χ4v) is 1.95. The summed E-state index contributed by atoms with van der Waals surface area (Å²) in [6.45, 7) is 8.58. The van der Waals surface area contributed by atoms with Gasteiger partial charge in [-0.25, -0.2) is 0 Å². The molecule has 1 radical (unpaired) electrons. The lowest BCUT2D eigenvalue weighted by Gasteiger charge is -2.11. The molecule has 2 rings (SSSR count). The maximum atomic E-state index is 4.29. The van der Waals surface area contributed by atoms with E-state index in [9.17, 15) is 0 Å². The Morgan fingerprint density at radius 1 is 0.933 bits per heavy atom. The Balaban J connectivity index is 2.60. The van der Waals surface area contributed by atoms with Gasteiger partial charge in [-0.2, -0.15) is 0 Å². The number of benzene rings is 1. The molecule has 0 unspecified atom stereocenters. The highest BCUT2D eigenvalue weighted by Crippen LogP contribution is 2.28. The molecule has 1 heterocycles. The van der Waals surface area contributed by atoms with Gasteiger partial charge < -0.3 is 0 Å². The summed E-state index contributed by atoms with van der Waals surface area (Å²) in [5.74, 6) is 0. The smallest absolute Gasteiger partial charge is 0.0451 e. The first-order chi connectivity index (χ1) is 7.11. The molecule has 0 N–H and O–H groups in total. The van der Waals surface area contributed by atoms with Crippen molar-refractivity contribution in [3.63, 3.8) is 0 Å². The van der Waals surface area contributed by atoms with Crippen LogP contribution in [0.5, 0.6) is 0 Å². The summed E-state index contributed by atoms with van der Waals surface area (Å²) in [4.78, 5) is 0. The van der Waals surface area contributed by atoms with Crippen molar-refractivity contribution in [2.24, 2.45) is 0 Å². The maximum Gasteiger partial charge on any atom is 0.0451 e. The van der Waals surface area contributed by atoms with Gasteiger partial charge >= 0.3 is 0 Å². The van der Waals surface area contributed by atoms with E-state index in [2.05, 4.69) is 51.2 Å². The zero-order chi connectivity index (χ0) is 11.0. The average molecular weight is 198 g/mol. The molecule has 0 aromatic heterocycles. The van der Waals surface area contributed by atoms with Crippen molar-refractivity contribution < 1.29 is 0 Å². The van der Waals surface area contributed by atoms with Crippen molar-refractivity contribution >= 4 is 5.57 Å². The molecule has 0 bridgehead atoms. The molecule has 0 saturated carbocycles. The van der Waals surface area contributed by atoms with E-state index >= 15 is 0 Å². The SMILES string of the molecule is CC1=C(c2ccc(C)c(C)c2C)C=C[N]1. The van der Waals surface area contributed by atoms with Gasteiger partial charge in [-0.05, 0) is 56.0 Å². The normalized spacial score (nSPS) is 14.7. The molecule has 0 spiro atoms. The van der Waals surface area contributed by atoms with Crippen LogP contribution in [0.2, 0.25) is 0 Å². The second kappa shape index (κ2) is 3.58. The molecule has 0 saturated heterocycles. The van der Waals surface area contributed by atoms with Crippen LogP contribution >= 0.6 is 0 Å². The van der Waals surface area contributed by atoms with Crippen LogP contribution in [-0.4, -0.2) is 0 Å². The van der Waals surface area contributed by atoms with E-state index in [1.807, 2.05) is 6.20 Å². The highest BCUT2D eigenvalue weighted by Gasteiger charge is 2.12. The first-order valence-electron chi connectivity index (χ1n) is 5.26. The van der Waals surface area contributed by atoms with E-state index in [1.54, 1.807) is 0 Å². The fraction of sp³-hybridized carbons (Fsp3) is 0.286. The maximum absolute atomic E-state index is 4.29. The highest BCUT2D eigenvalue weighted by molar-refractivity contribution is 5.80. The van der Waals surface area contributed by atoms with Crippen molar-refractivity contribution in [1.29, 1.82) is 0 Å². The predicted molar refractivity (Wildman–Crippen MR) is 64.5 cm³/mol. The van der Waals surface area contributed by atoms with Crippen LogP contribution in [0.15, 0.2) is 30.1 Å². The van der Waals surface area contributed by atoms with Crippen molar-refractivity contribution in [3.8, 4) is 0 Å². The van der Waals surface area contributed by atoms with Crippen LogP contribution in [0.3, 0.4) is 0 Å². The van der Waals surface area contributed by atoms with Gasteiger partial charge in [0.1, 0.15) is 0 Å². The van der Waals surface area contributed by atoms with Crippen molar-refractivity contribution in [2.45, 2.75) is 27.7 Å². The Labute approximate surface area is 91.5 Å². The van der Waals surface area contributed by atoms with Gasteiger partial charge in [0.2, 0.25) is 0 Å². The summed E-state index contributed by atoms with van der Waals surface area (Å²) in [6.07, 6.45) is 3.96. The molecule has 1 heteroatoms. The summed E-state index contributed by atoms with van der Waals surface area (Å²) in [7, 11) is 0. The monoisotopic (exact) mass is 198 g/mol. The summed E-state index contributed by atoms with van der Waals surface area (Å²) in [5.41, 5.74) is 7.79. The highest BCUT2D eigenvalue weighted by atomic mass is 14.9. The molecule has 77 valence electrons. The van der Waals surface area contributed by atoms with E-state index in [-0.39, 0.29) is 0 Å². The van der Waals surface area contributed by atoms with Crippen molar-refractivity contribution in [1.82, 2.24) is 5.32 Å². The Kier molecular flexibility index (Phi) is 2.39. The van der Waals surface area contributed by atoms with Crippen molar-refractivity contribution in [3.05, 3.63) is 52.4 Å². The summed E-state index contributed by atoms with van der Waals surface area (Å²) >= 11 is 0. The van der Waals surface area contributed by atoms with Crippen LogP contribution < -0.4 is 5.32 Å². The van der Waals surface area contributed by atoms with E-state index in [0.29, 0.717) is 0 Å². The Morgan fingerprint density at radius 2 is 1.67 bits per heavy atom. The molecule has 1 aliphatic rings. The number of aryl methyl sites for hydroxylation is 1. The van der Waals surface area contributed by atoms with E-state index < -0.39 is 0 Å². The third kappa shape index (κ3) is 1.58. The topological polar surface area (TPSA) is 14.1 Å². The second-order valence-corrected chi connectivity index (χ2v) is 4.12. The first kappa shape index (κ1) is 10.0. The van der Waals surface area contributed by atoms with Crippen LogP contribution in [0, 0.1) is 20.8 Å². The summed E-state index contributed by atoms with van der Waals surface area (Å²) < 4.78 is 0. The summed E-state index contributed by atoms with van der Waals surface area (Å²) in [6, 6.07) is 4.38. The van der Waals surface area contributed by atoms with Crippen LogP contribution in [0.1, 0.15) is 29.2 Å². The second-order valence-electron chi connectivity index (χ2n) is 4.12. The molecule has 1 aromatic carbocycles. The van der Waals surface area contributed by atoms with Gasteiger partial charge in [0.25, 0.3) is 0 Å². The molecule has 1 aliphatic heterocycles. The zero-order valence-electron chi connectivity index (χ0n) is 9.76. The minimum atomic E-state index is 1.11. The van der Waals surface area contributed by atoms with E-state index in [1.165, 1.54) is 27.8 Å². The standard InChI is InChI=1S/C14H16N/c1-9-5-6-13(11(3)10(9)2)14-7-8-15-12(14)4/h5-8H,1-4H3. The molecule has 15 heavy (non-hydrogen) atoms. The number of rotatable bonds is 1. The molecule has 1 aromatic rings. The Bertz CT molecular complexity index is 464. The van der Waals surface area contributed by atoms with Gasteiger partial charge in [-0.3, -0.25) is 5.32 Å². The Morgan fingerprint density at radius 3 is 2.27 bits per heavy atom. The lowest BCUT2D eigenvalue weighted by atomic mass is 9.94. The van der Waals surface area contributed by atoms with Gasteiger partial charge in [0.15, 0.2) is 0 Å². The molecular weight excluding hydrogens is 182 g/mol. The predicted octanol–water partition coefficient (Wildman–Crippen LogP) is 3.47. The Hall–Kier alpha value is -1.50. The zero-order valence-corrected chi connectivity index (χ0v) is 9.76. The van der Waals surface area contributed by atoms with Crippen molar-refractivity contribution in [2.75, 3.05) is 0 Å². The summed E-state index contributed by atoms with van der Waals surface area (Å²) in [5, 5.41) is 4.29. The van der Waals surface area contributed by atoms with E-state index in [4.69, 9.17) is 0 Å². The minimum Gasteiger partial charge on any atom is -0.261 e.